The molecule has 6 nitrogen and oxygen atoms in total. The van der Waals surface area contributed by atoms with E-state index in [1.54, 1.807) is 0 Å². The molecule has 0 aromatic rings. The Labute approximate surface area is 514 Å². The molecule has 0 heterocycles. The van der Waals surface area contributed by atoms with Crippen molar-refractivity contribution < 1.29 is 24.5 Å². The zero-order chi connectivity index (χ0) is 59.2. The minimum atomic E-state index is -0.662. The average molecular weight is 1160 g/mol. The largest absolute Gasteiger partial charge is 0.466 e. The first-order chi connectivity index (χ1) is 40.5. The molecule has 488 valence electrons. The third-order valence-electron chi connectivity index (χ3n) is 18.1. The van der Waals surface area contributed by atoms with Crippen LogP contribution in [-0.4, -0.2) is 47.4 Å². The molecule has 3 N–H and O–H groups in total. The SMILES string of the molecule is CCCCCCCCCCCCCCCCCCCC(=O)OCCCCCCCCCCCCCC/C=C\CCCCCCCCCCCCCCCCCCC(=O)NC(CO)C(O)CCCCCCCCCCCCCCCCCC. The molecule has 0 aliphatic carbocycles. The van der Waals surface area contributed by atoms with Crippen molar-refractivity contribution in [2.45, 2.75) is 450 Å². The Balaban J connectivity index is 3.33. The fourth-order valence-corrected chi connectivity index (χ4v) is 12.3. The molecule has 0 bridgehead atoms. The van der Waals surface area contributed by atoms with Crippen molar-refractivity contribution in [2.75, 3.05) is 13.2 Å². The normalized spacial score (nSPS) is 12.5. The summed E-state index contributed by atoms with van der Waals surface area (Å²) in [6.07, 6.45) is 90.0. The number of nitrogens with one attached hydrogen (secondary N) is 1. The first kappa shape index (κ1) is 80.6. The number of aliphatic hydroxyl groups is 2. The molecular weight excluding hydrogens is 1010 g/mol. The third kappa shape index (κ3) is 67.7. The van der Waals surface area contributed by atoms with E-state index in [1.807, 2.05) is 0 Å². The van der Waals surface area contributed by atoms with Gasteiger partial charge in [0.25, 0.3) is 0 Å². The van der Waals surface area contributed by atoms with Gasteiger partial charge in [0.2, 0.25) is 5.91 Å². The van der Waals surface area contributed by atoms with E-state index in [4.69, 9.17) is 4.74 Å². The number of allylic oxidation sites excluding steroid dienone is 2. The van der Waals surface area contributed by atoms with Crippen LogP contribution in [-0.2, 0) is 14.3 Å². The minimum absolute atomic E-state index is 0.0233. The summed E-state index contributed by atoms with van der Waals surface area (Å²) >= 11 is 0. The second kappa shape index (κ2) is 72.1. The summed E-state index contributed by atoms with van der Waals surface area (Å²) in [6, 6.07) is -0.539. The van der Waals surface area contributed by atoms with Crippen molar-refractivity contribution in [1.82, 2.24) is 5.32 Å². The van der Waals surface area contributed by atoms with E-state index in [2.05, 4.69) is 31.3 Å². The summed E-state index contributed by atoms with van der Waals surface area (Å²) in [5.41, 5.74) is 0. The molecule has 2 unspecified atom stereocenters. The average Bonchev–Trinajstić information content (AvgIpc) is 3.48. The molecule has 0 saturated heterocycles. The number of rotatable bonds is 72. The predicted octanol–water partition coefficient (Wildman–Crippen LogP) is 24.7. The standard InChI is InChI=1S/C76H149NO5/c1-3-5-7-9-11-13-15-17-19-37-42-46-50-54-58-62-66-70-76(81)82-71-67-63-59-55-51-47-43-39-36-34-32-30-28-26-24-22-21-23-25-27-29-31-33-35-38-41-45-49-53-57-61-65-69-75(80)77-73(72-78)74(79)68-64-60-56-52-48-44-40-20-18-16-14-12-10-8-6-4-2/h24,26,73-74,78-79H,3-23,25,27-72H2,1-2H3,(H,77,80)/b26-24-. The molecule has 0 saturated carbocycles. The Kier molecular flexibility index (Phi) is 70.8. The Hall–Kier alpha value is -1.40. The summed E-state index contributed by atoms with van der Waals surface area (Å²) in [4.78, 5) is 24.6. The number of carbonyl (C=O) groups excluding carboxylic acids is 2. The first-order valence-electron chi connectivity index (χ1n) is 37.9. The highest BCUT2D eigenvalue weighted by molar-refractivity contribution is 5.76. The van der Waals surface area contributed by atoms with Crippen LogP contribution in [0.2, 0.25) is 0 Å². The highest BCUT2D eigenvalue weighted by Gasteiger charge is 2.20. The van der Waals surface area contributed by atoms with Crippen LogP contribution in [0.15, 0.2) is 12.2 Å². The van der Waals surface area contributed by atoms with Crippen molar-refractivity contribution in [3.63, 3.8) is 0 Å². The lowest BCUT2D eigenvalue weighted by atomic mass is 10.0. The van der Waals surface area contributed by atoms with Gasteiger partial charge >= 0.3 is 5.97 Å². The second-order valence-electron chi connectivity index (χ2n) is 26.3. The molecule has 0 aromatic heterocycles. The van der Waals surface area contributed by atoms with Crippen molar-refractivity contribution in [1.29, 1.82) is 0 Å². The van der Waals surface area contributed by atoms with Gasteiger partial charge in [-0.3, -0.25) is 9.59 Å². The molecule has 0 aliphatic heterocycles. The van der Waals surface area contributed by atoms with E-state index in [0.717, 1.165) is 38.5 Å². The highest BCUT2D eigenvalue weighted by atomic mass is 16.5. The smallest absolute Gasteiger partial charge is 0.305 e. The summed E-state index contributed by atoms with van der Waals surface area (Å²) < 4.78 is 5.51. The number of hydrogen-bond acceptors (Lipinski definition) is 5. The van der Waals surface area contributed by atoms with Gasteiger partial charge in [-0.2, -0.15) is 0 Å². The molecule has 6 heteroatoms. The van der Waals surface area contributed by atoms with Gasteiger partial charge in [-0.1, -0.05) is 386 Å². The third-order valence-corrected chi connectivity index (χ3v) is 18.1. The van der Waals surface area contributed by atoms with Crippen LogP contribution in [0.3, 0.4) is 0 Å². The van der Waals surface area contributed by atoms with Gasteiger partial charge in [0.15, 0.2) is 0 Å². The van der Waals surface area contributed by atoms with E-state index >= 15 is 0 Å². The lowest BCUT2D eigenvalue weighted by molar-refractivity contribution is -0.143. The molecule has 0 spiro atoms. The van der Waals surface area contributed by atoms with E-state index in [0.29, 0.717) is 25.9 Å². The van der Waals surface area contributed by atoms with Gasteiger partial charge in [0, 0.05) is 12.8 Å². The summed E-state index contributed by atoms with van der Waals surface area (Å²) in [7, 11) is 0. The van der Waals surface area contributed by atoms with Crippen LogP contribution in [0.25, 0.3) is 0 Å². The molecule has 0 aliphatic rings. The summed E-state index contributed by atoms with van der Waals surface area (Å²) in [5.74, 6) is -0.00498. The van der Waals surface area contributed by atoms with Crippen molar-refractivity contribution in [3.8, 4) is 0 Å². The molecule has 1 amide bonds. The van der Waals surface area contributed by atoms with Gasteiger partial charge in [-0.15, -0.1) is 0 Å². The highest BCUT2D eigenvalue weighted by Crippen LogP contribution is 2.20. The van der Waals surface area contributed by atoms with E-state index in [9.17, 15) is 19.8 Å². The number of ether oxygens (including phenoxy) is 1. The first-order valence-corrected chi connectivity index (χ1v) is 37.9. The van der Waals surface area contributed by atoms with Crippen LogP contribution in [0.1, 0.15) is 438 Å². The van der Waals surface area contributed by atoms with Crippen LogP contribution >= 0.6 is 0 Å². The van der Waals surface area contributed by atoms with Gasteiger partial charge in [-0.25, -0.2) is 0 Å². The van der Waals surface area contributed by atoms with Gasteiger partial charge in [-0.05, 0) is 51.4 Å². The Bertz CT molecular complexity index is 1240. The van der Waals surface area contributed by atoms with E-state index in [-0.39, 0.29) is 18.5 Å². The predicted molar refractivity (Wildman–Crippen MR) is 361 cm³/mol. The molecule has 0 radical (unpaired) electrons. The summed E-state index contributed by atoms with van der Waals surface area (Å²) in [6.45, 7) is 5.01. The van der Waals surface area contributed by atoms with Gasteiger partial charge < -0.3 is 20.3 Å². The van der Waals surface area contributed by atoms with Gasteiger partial charge in [0.1, 0.15) is 0 Å². The molecule has 82 heavy (non-hydrogen) atoms. The van der Waals surface area contributed by atoms with Crippen LogP contribution in [0.5, 0.6) is 0 Å². The maximum Gasteiger partial charge on any atom is 0.305 e. The van der Waals surface area contributed by atoms with Crippen molar-refractivity contribution in [2.24, 2.45) is 0 Å². The maximum absolute atomic E-state index is 12.5. The number of aliphatic hydroxyl groups excluding tert-OH is 2. The van der Waals surface area contributed by atoms with Crippen LogP contribution in [0.4, 0.5) is 0 Å². The zero-order valence-corrected chi connectivity index (χ0v) is 56.0. The minimum Gasteiger partial charge on any atom is -0.466 e. The van der Waals surface area contributed by atoms with E-state index in [1.165, 1.54) is 366 Å². The number of carbonyl (C=O) groups is 2. The molecule has 0 rings (SSSR count). The quantitative estimate of drug-likeness (QED) is 0.0320. The zero-order valence-electron chi connectivity index (χ0n) is 56.0. The second-order valence-corrected chi connectivity index (χ2v) is 26.3. The number of unbranched alkanes of at least 4 members (excludes halogenated alkanes) is 59. The fraction of sp³-hybridized carbons (Fsp3) is 0.947. The maximum atomic E-state index is 12.5. The fourth-order valence-electron chi connectivity index (χ4n) is 12.3. The topological polar surface area (TPSA) is 95.9 Å². The number of amides is 1. The monoisotopic (exact) mass is 1160 g/mol. The lowest BCUT2D eigenvalue weighted by Crippen LogP contribution is -2.45. The van der Waals surface area contributed by atoms with E-state index < -0.39 is 12.1 Å². The number of esters is 1. The summed E-state index contributed by atoms with van der Waals surface area (Å²) in [5, 5.41) is 23.4. The van der Waals surface area contributed by atoms with Crippen LogP contribution in [0, 0.1) is 0 Å². The Morgan fingerprint density at radius 3 is 0.866 bits per heavy atom. The Morgan fingerprint density at radius 2 is 0.573 bits per heavy atom. The molecular formula is C76H149NO5. The number of hydrogen-bond donors (Lipinski definition) is 3. The van der Waals surface area contributed by atoms with Crippen molar-refractivity contribution in [3.05, 3.63) is 12.2 Å². The molecule has 0 fully saturated rings. The van der Waals surface area contributed by atoms with Crippen molar-refractivity contribution >= 4 is 11.9 Å². The van der Waals surface area contributed by atoms with Gasteiger partial charge in [0.05, 0.1) is 25.4 Å². The lowest BCUT2D eigenvalue weighted by Gasteiger charge is -2.22. The molecule has 0 aromatic carbocycles. The Morgan fingerprint density at radius 1 is 0.329 bits per heavy atom. The van der Waals surface area contributed by atoms with Crippen LogP contribution < -0.4 is 5.32 Å². The molecule has 2 atom stereocenters.